The monoisotopic (exact) mass is 293 g/mol. The van der Waals surface area contributed by atoms with Gasteiger partial charge in [0.2, 0.25) is 0 Å². The van der Waals surface area contributed by atoms with Crippen molar-refractivity contribution in [2.45, 2.75) is 29.9 Å². The summed E-state index contributed by atoms with van der Waals surface area (Å²) in [4.78, 5) is 8.99. The van der Waals surface area contributed by atoms with Crippen LogP contribution in [0.1, 0.15) is 24.1 Å². The minimum atomic E-state index is -0.300. The highest BCUT2D eigenvalue weighted by atomic mass is 32.2. The van der Waals surface area contributed by atoms with Gasteiger partial charge in [-0.3, -0.25) is 0 Å². The Morgan fingerprint density at radius 2 is 1.75 bits per heavy atom. The Morgan fingerprint density at radius 1 is 1.15 bits per heavy atom. The number of nitrogens with two attached hydrogens (primary N) is 3. The van der Waals surface area contributed by atoms with E-state index < -0.39 is 0 Å². The number of aromatic nitrogens is 2. The highest BCUT2D eigenvalue weighted by Crippen LogP contribution is 2.33. The fourth-order valence-corrected chi connectivity index (χ4v) is 2.82. The van der Waals surface area contributed by atoms with E-state index in [9.17, 15) is 4.39 Å². The second-order valence-electron chi connectivity index (χ2n) is 4.53. The predicted octanol–water partition coefficient (Wildman–Crippen LogP) is 2.26. The first-order valence-electron chi connectivity index (χ1n) is 6.00. The average molecular weight is 293 g/mol. The van der Waals surface area contributed by atoms with Crippen LogP contribution in [0.5, 0.6) is 0 Å². The largest absolute Gasteiger partial charge is 0.383 e. The van der Waals surface area contributed by atoms with Gasteiger partial charge in [-0.2, -0.15) is 0 Å². The molecule has 0 radical (unpaired) electrons. The van der Waals surface area contributed by atoms with Crippen LogP contribution >= 0.6 is 11.8 Å². The van der Waals surface area contributed by atoms with Gasteiger partial charge < -0.3 is 17.2 Å². The molecule has 6 N–H and O–H groups in total. The topological polar surface area (TPSA) is 104 Å². The molecule has 20 heavy (non-hydrogen) atoms. The van der Waals surface area contributed by atoms with E-state index in [1.165, 1.54) is 23.9 Å². The summed E-state index contributed by atoms with van der Waals surface area (Å²) in [5, 5.41) is 0.412. The minimum absolute atomic E-state index is 0.283. The summed E-state index contributed by atoms with van der Waals surface area (Å²) in [6.07, 6.45) is 0. The summed E-state index contributed by atoms with van der Waals surface area (Å²) in [5.41, 5.74) is 18.4. The molecule has 0 bridgehead atoms. The van der Waals surface area contributed by atoms with Crippen LogP contribution in [0.3, 0.4) is 0 Å². The molecular weight excluding hydrogens is 277 g/mol. The summed E-state index contributed by atoms with van der Waals surface area (Å²) in [6.45, 7) is 3.49. The lowest BCUT2D eigenvalue weighted by atomic mass is 10.1. The van der Waals surface area contributed by atoms with Gasteiger partial charge in [0.25, 0.3) is 0 Å². The lowest BCUT2D eigenvalue weighted by Crippen LogP contribution is -2.08. The zero-order chi connectivity index (χ0) is 14.9. The highest BCUT2D eigenvalue weighted by molar-refractivity contribution is 7.99. The van der Waals surface area contributed by atoms with Gasteiger partial charge >= 0.3 is 0 Å². The van der Waals surface area contributed by atoms with Crippen LogP contribution in [0, 0.1) is 12.7 Å². The van der Waals surface area contributed by atoms with Crippen molar-refractivity contribution < 1.29 is 4.39 Å². The normalized spacial score (nSPS) is 12.4. The maximum Gasteiger partial charge on any atom is 0.196 e. The van der Waals surface area contributed by atoms with Crippen molar-refractivity contribution in [1.82, 2.24) is 9.97 Å². The first-order valence-corrected chi connectivity index (χ1v) is 6.82. The molecule has 2 rings (SSSR count). The van der Waals surface area contributed by atoms with Crippen LogP contribution in [-0.4, -0.2) is 9.97 Å². The maximum absolute atomic E-state index is 13.7. The SMILES string of the molecule is Cc1cc(Sc2nc(N)cc(N)n2)c([C@@H](C)N)cc1F. The maximum atomic E-state index is 13.7. The van der Waals surface area contributed by atoms with Crippen molar-refractivity contribution >= 4 is 23.4 Å². The minimum Gasteiger partial charge on any atom is -0.383 e. The van der Waals surface area contributed by atoms with Crippen LogP contribution in [0.25, 0.3) is 0 Å². The second kappa shape index (κ2) is 5.64. The Morgan fingerprint density at radius 3 is 2.30 bits per heavy atom. The molecule has 0 spiro atoms. The third kappa shape index (κ3) is 3.17. The molecule has 0 unspecified atom stereocenters. The van der Waals surface area contributed by atoms with Crippen molar-refractivity contribution in [3.63, 3.8) is 0 Å². The molecule has 0 saturated heterocycles. The number of anilines is 2. The van der Waals surface area contributed by atoms with E-state index in [2.05, 4.69) is 9.97 Å². The number of hydrogen-bond acceptors (Lipinski definition) is 6. The molecule has 0 saturated carbocycles. The Bertz CT molecular complexity index is 625. The fraction of sp³-hybridized carbons (Fsp3) is 0.231. The predicted molar refractivity (Wildman–Crippen MR) is 78.7 cm³/mol. The van der Waals surface area contributed by atoms with Gasteiger partial charge in [0.1, 0.15) is 17.5 Å². The smallest absolute Gasteiger partial charge is 0.196 e. The van der Waals surface area contributed by atoms with E-state index in [-0.39, 0.29) is 11.9 Å². The van der Waals surface area contributed by atoms with E-state index in [1.807, 2.05) is 0 Å². The number of hydrogen-bond donors (Lipinski definition) is 3. The van der Waals surface area contributed by atoms with Crippen LogP contribution in [0.4, 0.5) is 16.0 Å². The van der Waals surface area contributed by atoms with Crippen molar-refractivity contribution in [2.24, 2.45) is 5.73 Å². The Labute approximate surface area is 120 Å². The third-order valence-electron chi connectivity index (χ3n) is 2.73. The fourth-order valence-electron chi connectivity index (χ4n) is 1.72. The molecular formula is C13H16FN5S. The van der Waals surface area contributed by atoms with E-state index in [0.29, 0.717) is 27.9 Å². The van der Waals surface area contributed by atoms with Crippen LogP contribution < -0.4 is 17.2 Å². The van der Waals surface area contributed by atoms with E-state index in [0.717, 1.165) is 4.90 Å². The molecule has 1 atom stereocenters. The first kappa shape index (κ1) is 14.5. The molecule has 1 aromatic carbocycles. The Balaban J connectivity index is 2.44. The average Bonchev–Trinajstić information content (AvgIpc) is 2.31. The number of aryl methyl sites for hydroxylation is 1. The standard InChI is InChI=1S/C13H16FN5S/c1-6-3-10(8(7(2)15)4-9(6)14)20-13-18-11(16)5-12(17)19-13/h3-5,7H,15H2,1-2H3,(H4,16,17,18,19)/t7-/m1/s1. The van der Waals surface area contributed by atoms with E-state index >= 15 is 0 Å². The van der Waals surface area contributed by atoms with E-state index in [1.54, 1.807) is 19.9 Å². The zero-order valence-corrected chi connectivity index (χ0v) is 12.0. The number of halogens is 1. The molecule has 1 aromatic heterocycles. The lowest BCUT2D eigenvalue weighted by molar-refractivity contribution is 0.610. The molecule has 1 heterocycles. The molecule has 0 amide bonds. The number of rotatable bonds is 3. The van der Waals surface area contributed by atoms with Gasteiger partial charge in [-0.15, -0.1) is 0 Å². The summed E-state index contributed by atoms with van der Waals surface area (Å²) < 4.78 is 13.7. The third-order valence-corrected chi connectivity index (χ3v) is 3.67. The van der Waals surface area contributed by atoms with Gasteiger partial charge in [-0.05, 0) is 48.9 Å². The Kier molecular flexibility index (Phi) is 4.10. The molecule has 0 aliphatic rings. The summed E-state index contributed by atoms with van der Waals surface area (Å²) in [6, 6.07) is 4.34. The molecule has 0 fully saturated rings. The molecule has 0 aliphatic heterocycles. The first-order chi connectivity index (χ1) is 9.36. The van der Waals surface area contributed by atoms with Crippen molar-refractivity contribution in [1.29, 1.82) is 0 Å². The van der Waals surface area contributed by atoms with Gasteiger partial charge in [0, 0.05) is 17.0 Å². The molecule has 7 heteroatoms. The van der Waals surface area contributed by atoms with Gasteiger partial charge in [-0.25, -0.2) is 14.4 Å². The van der Waals surface area contributed by atoms with Gasteiger partial charge in [-0.1, -0.05) is 0 Å². The summed E-state index contributed by atoms with van der Waals surface area (Å²) in [7, 11) is 0. The van der Waals surface area contributed by atoms with Crippen molar-refractivity contribution in [3.05, 3.63) is 35.1 Å². The molecule has 5 nitrogen and oxygen atoms in total. The van der Waals surface area contributed by atoms with Crippen molar-refractivity contribution in [2.75, 3.05) is 11.5 Å². The van der Waals surface area contributed by atoms with Gasteiger partial charge in [0.05, 0.1) is 0 Å². The molecule has 106 valence electrons. The molecule has 2 aromatic rings. The van der Waals surface area contributed by atoms with Crippen molar-refractivity contribution in [3.8, 4) is 0 Å². The quantitative estimate of drug-likeness (QED) is 0.750. The zero-order valence-electron chi connectivity index (χ0n) is 11.2. The van der Waals surface area contributed by atoms with Crippen LogP contribution in [0.15, 0.2) is 28.3 Å². The van der Waals surface area contributed by atoms with Crippen LogP contribution in [0.2, 0.25) is 0 Å². The molecule has 0 aliphatic carbocycles. The van der Waals surface area contributed by atoms with Crippen LogP contribution in [-0.2, 0) is 0 Å². The highest BCUT2D eigenvalue weighted by Gasteiger charge is 2.14. The number of benzene rings is 1. The number of nitrogen functional groups attached to an aromatic ring is 2. The number of nitrogens with zero attached hydrogens (tertiary/aromatic N) is 2. The summed E-state index contributed by atoms with van der Waals surface area (Å²) >= 11 is 1.26. The lowest BCUT2D eigenvalue weighted by Gasteiger charge is -2.13. The van der Waals surface area contributed by atoms with Gasteiger partial charge in [0.15, 0.2) is 5.16 Å². The van der Waals surface area contributed by atoms with E-state index in [4.69, 9.17) is 17.2 Å². The Hall–Kier alpha value is -1.86. The second-order valence-corrected chi connectivity index (χ2v) is 5.54. The summed E-state index contributed by atoms with van der Waals surface area (Å²) in [5.74, 6) is 0.303.